The summed E-state index contributed by atoms with van der Waals surface area (Å²) in [4.78, 5) is 12.2. The Hall–Kier alpha value is -2.17. The van der Waals surface area contributed by atoms with E-state index in [1.165, 1.54) is 0 Å². The van der Waals surface area contributed by atoms with E-state index < -0.39 is 0 Å². The third-order valence-corrected chi connectivity index (χ3v) is 3.78. The molecule has 0 saturated carbocycles. The van der Waals surface area contributed by atoms with E-state index in [0.29, 0.717) is 5.56 Å². The van der Waals surface area contributed by atoms with Crippen LogP contribution in [0.2, 0.25) is 0 Å². The van der Waals surface area contributed by atoms with E-state index in [9.17, 15) is 4.79 Å². The van der Waals surface area contributed by atoms with Gasteiger partial charge in [-0.05, 0) is 36.8 Å². The molecule has 2 aromatic carbocycles. The number of amides is 1. The minimum atomic E-state index is -0.0941. The number of aryl methyl sites for hydroxylation is 1. The smallest absolute Gasteiger partial charge is 0.255 e. The minimum Gasteiger partial charge on any atom is -0.371 e. The van der Waals surface area contributed by atoms with E-state index >= 15 is 0 Å². The van der Waals surface area contributed by atoms with Gasteiger partial charge in [-0.25, -0.2) is 0 Å². The van der Waals surface area contributed by atoms with E-state index in [1.54, 1.807) is 0 Å². The maximum Gasteiger partial charge on any atom is 0.255 e. The summed E-state index contributed by atoms with van der Waals surface area (Å²) in [5.74, 6) is -0.0941. The molecule has 4 heteroatoms. The van der Waals surface area contributed by atoms with Crippen LogP contribution < -0.4 is 10.6 Å². The van der Waals surface area contributed by atoms with Crippen molar-refractivity contribution in [2.75, 3.05) is 25.0 Å². The summed E-state index contributed by atoms with van der Waals surface area (Å²) in [6.07, 6.45) is 0.0931. The van der Waals surface area contributed by atoms with Crippen molar-refractivity contribution in [3.63, 3.8) is 0 Å². The van der Waals surface area contributed by atoms with Crippen LogP contribution in [0.15, 0.2) is 48.5 Å². The summed E-state index contributed by atoms with van der Waals surface area (Å²) in [7, 11) is 0. The fraction of sp³-hybridized carbons (Fsp3) is 0.278. The summed E-state index contributed by atoms with van der Waals surface area (Å²) in [5.41, 5.74) is 3.72. The highest BCUT2D eigenvalue weighted by Gasteiger charge is 2.15. The van der Waals surface area contributed by atoms with Gasteiger partial charge in [0.05, 0.1) is 12.7 Å². The first-order valence-electron chi connectivity index (χ1n) is 7.53. The topological polar surface area (TPSA) is 50.4 Å². The van der Waals surface area contributed by atoms with Crippen LogP contribution in [0.25, 0.3) is 0 Å². The molecular formula is C18H20N2O2. The van der Waals surface area contributed by atoms with Gasteiger partial charge in [-0.1, -0.05) is 29.8 Å². The molecule has 1 atom stereocenters. The number of ether oxygens (including phenoxy) is 1. The third-order valence-electron chi connectivity index (χ3n) is 3.78. The molecule has 3 rings (SSSR count). The molecule has 1 aliphatic rings. The van der Waals surface area contributed by atoms with Gasteiger partial charge in [-0.2, -0.15) is 0 Å². The number of hydrogen-bond donors (Lipinski definition) is 2. The molecule has 0 aromatic heterocycles. The Morgan fingerprint density at radius 1 is 1.14 bits per heavy atom. The van der Waals surface area contributed by atoms with Crippen molar-refractivity contribution in [1.29, 1.82) is 0 Å². The Bertz CT molecular complexity index is 629. The maximum atomic E-state index is 12.2. The summed E-state index contributed by atoms with van der Waals surface area (Å²) in [6, 6.07) is 15.4. The lowest BCUT2D eigenvalue weighted by atomic mass is 10.1. The molecule has 0 aliphatic carbocycles. The first-order valence-corrected chi connectivity index (χ1v) is 7.53. The number of morpholine rings is 1. The van der Waals surface area contributed by atoms with Crippen molar-refractivity contribution in [1.82, 2.24) is 5.32 Å². The molecule has 1 saturated heterocycles. The molecule has 2 aromatic rings. The molecule has 22 heavy (non-hydrogen) atoms. The molecule has 1 heterocycles. The van der Waals surface area contributed by atoms with E-state index in [4.69, 9.17) is 4.74 Å². The first kappa shape index (κ1) is 14.8. The zero-order valence-corrected chi connectivity index (χ0v) is 12.6. The molecule has 1 aliphatic heterocycles. The zero-order chi connectivity index (χ0) is 15.4. The van der Waals surface area contributed by atoms with Crippen molar-refractivity contribution in [2.45, 2.75) is 13.0 Å². The molecule has 0 bridgehead atoms. The minimum absolute atomic E-state index is 0.0931. The molecule has 2 N–H and O–H groups in total. The monoisotopic (exact) mass is 296 g/mol. The Morgan fingerprint density at radius 3 is 2.50 bits per heavy atom. The Balaban J connectivity index is 1.65. The second-order valence-electron chi connectivity index (χ2n) is 5.51. The van der Waals surface area contributed by atoms with Crippen molar-refractivity contribution in [3.05, 3.63) is 65.2 Å². The van der Waals surface area contributed by atoms with E-state index in [0.717, 1.165) is 36.5 Å². The van der Waals surface area contributed by atoms with Gasteiger partial charge >= 0.3 is 0 Å². The Kier molecular flexibility index (Phi) is 4.51. The van der Waals surface area contributed by atoms with E-state index in [-0.39, 0.29) is 12.0 Å². The van der Waals surface area contributed by atoms with Crippen molar-refractivity contribution in [3.8, 4) is 0 Å². The lowest BCUT2D eigenvalue weighted by molar-refractivity contribution is 0.0277. The van der Waals surface area contributed by atoms with Crippen molar-refractivity contribution in [2.24, 2.45) is 0 Å². The van der Waals surface area contributed by atoms with E-state index in [2.05, 4.69) is 10.6 Å². The molecular weight excluding hydrogens is 276 g/mol. The molecule has 1 unspecified atom stereocenters. The number of hydrogen-bond acceptors (Lipinski definition) is 3. The van der Waals surface area contributed by atoms with Crippen LogP contribution in [0.1, 0.15) is 27.6 Å². The number of rotatable bonds is 3. The highest BCUT2D eigenvalue weighted by molar-refractivity contribution is 6.04. The second kappa shape index (κ2) is 6.73. The van der Waals surface area contributed by atoms with Crippen LogP contribution in [0.3, 0.4) is 0 Å². The quantitative estimate of drug-likeness (QED) is 0.915. The highest BCUT2D eigenvalue weighted by Crippen LogP contribution is 2.21. The van der Waals surface area contributed by atoms with Crippen molar-refractivity contribution >= 4 is 11.6 Å². The van der Waals surface area contributed by atoms with Crippen molar-refractivity contribution < 1.29 is 9.53 Å². The number of carbonyl (C=O) groups excluding carboxylic acids is 1. The standard InChI is InChI=1S/C18H20N2O2/c1-13-2-4-15(5-3-13)18(21)20-16-8-6-14(7-9-16)17-12-19-10-11-22-17/h2-9,17,19H,10-12H2,1H3,(H,20,21). The SMILES string of the molecule is Cc1ccc(C(=O)Nc2ccc(C3CNCCO3)cc2)cc1. The van der Waals surface area contributed by atoms with Gasteiger partial charge in [0.15, 0.2) is 0 Å². The lowest BCUT2D eigenvalue weighted by Crippen LogP contribution is -2.33. The fourth-order valence-corrected chi connectivity index (χ4v) is 2.47. The van der Waals surface area contributed by atoms with Crippen LogP contribution >= 0.6 is 0 Å². The lowest BCUT2D eigenvalue weighted by Gasteiger charge is -2.24. The average molecular weight is 296 g/mol. The Labute approximate surface area is 130 Å². The van der Waals surface area contributed by atoms with Crippen LogP contribution in [-0.4, -0.2) is 25.6 Å². The van der Waals surface area contributed by atoms with Crippen LogP contribution in [0, 0.1) is 6.92 Å². The average Bonchev–Trinajstić information content (AvgIpc) is 2.57. The van der Waals surface area contributed by atoms with Gasteiger partial charge in [-0.15, -0.1) is 0 Å². The normalized spacial score (nSPS) is 18.0. The van der Waals surface area contributed by atoms with Crippen LogP contribution in [-0.2, 0) is 4.74 Å². The number of anilines is 1. The van der Waals surface area contributed by atoms with Gasteiger partial charge in [0, 0.05) is 24.3 Å². The van der Waals surface area contributed by atoms with Gasteiger partial charge in [0.2, 0.25) is 0 Å². The number of carbonyl (C=O) groups is 1. The summed E-state index contributed by atoms with van der Waals surface area (Å²) in [6.45, 7) is 4.47. The van der Waals surface area contributed by atoms with Gasteiger partial charge in [0.25, 0.3) is 5.91 Å². The Morgan fingerprint density at radius 2 is 1.86 bits per heavy atom. The van der Waals surface area contributed by atoms with Crippen LogP contribution in [0.5, 0.6) is 0 Å². The molecule has 114 valence electrons. The summed E-state index contributed by atoms with van der Waals surface area (Å²) >= 11 is 0. The summed E-state index contributed by atoms with van der Waals surface area (Å²) < 4.78 is 5.72. The fourth-order valence-electron chi connectivity index (χ4n) is 2.47. The number of benzene rings is 2. The van der Waals surface area contributed by atoms with Gasteiger partial charge in [-0.3, -0.25) is 4.79 Å². The molecule has 0 spiro atoms. The second-order valence-corrected chi connectivity index (χ2v) is 5.51. The number of nitrogens with one attached hydrogen (secondary N) is 2. The first-order chi connectivity index (χ1) is 10.7. The third kappa shape index (κ3) is 3.53. The van der Waals surface area contributed by atoms with Gasteiger partial charge < -0.3 is 15.4 Å². The van der Waals surface area contributed by atoms with Gasteiger partial charge in [0.1, 0.15) is 0 Å². The van der Waals surface area contributed by atoms with Crippen LogP contribution in [0.4, 0.5) is 5.69 Å². The molecule has 1 amide bonds. The maximum absolute atomic E-state index is 12.2. The predicted octanol–water partition coefficient (Wildman–Crippen LogP) is 2.91. The molecule has 1 fully saturated rings. The van der Waals surface area contributed by atoms with E-state index in [1.807, 2.05) is 55.5 Å². The zero-order valence-electron chi connectivity index (χ0n) is 12.6. The summed E-state index contributed by atoms with van der Waals surface area (Å²) in [5, 5.41) is 6.22. The predicted molar refractivity (Wildman–Crippen MR) is 87.1 cm³/mol. The molecule has 4 nitrogen and oxygen atoms in total. The molecule has 0 radical (unpaired) electrons. The largest absolute Gasteiger partial charge is 0.371 e. The highest BCUT2D eigenvalue weighted by atomic mass is 16.5.